The van der Waals surface area contributed by atoms with Crippen molar-refractivity contribution < 1.29 is 9.59 Å². The summed E-state index contributed by atoms with van der Waals surface area (Å²) in [5, 5.41) is 7.83. The third-order valence-corrected chi connectivity index (χ3v) is 6.86. The van der Waals surface area contributed by atoms with Gasteiger partial charge in [0.05, 0.1) is 5.69 Å². The molecule has 3 heterocycles. The number of aryl methyl sites for hydroxylation is 2. The van der Waals surface area contributed by atoms with Crippen molar-refractivity contribution in [1.82, 2.24) is 24.8 Å². The Morgan fingerprint density at radius 1 is 1.19 bits per heavy atom. The van der Waals surface area contributed by atoms with Crippen LogP contribution < -0.4 is 5.32 Å². The summed E-state index contributed by atoms with van der Waals surface area (Å²) in [6.45, 7) is 9.60. The number of fused-ring (bicyclic) bond motifs is 1. The third-order valence-electron chi connectivity index (χ3n) is 6.86. The van der Waals surface area contributed by atoms with Gasteiger partial charge in [-0.15, -0.1) is 0 Å². The lowest BCUT2D eigenvalue weighted by atomic mass is 10.0. The van der Waals surface area contributed by atoms with Gasteiger partial charge in [0.15, 0.2) is 5.65 Å². The van der Waals surface area contributed by atoms with Crippen LogP contribution in [0.25, 0.3) is 5.65 Å². The van der Waals surface area contributed by atoms with Crippen LogP contribution in [0.2, 0.25) is 0 Å². The Morgan fingerprint density at radius 2 is 1.94 bits per heavy atom. The smallest absolute Gasteiger partial charge is 0.225 e. The summed E-state index contributed by atoms with van der Waals surface area (Å²) in [5.41, 5.74) is 4.96. The fourth-order valence-corrected chi connectivity index (χ4v) is 5.17. The second-order valence-electron chi connectivity index (χ2n) is 9.57. The number of amides is 2. The molecule has 0 radical (unpaired) electrons. The molecular weight excluding hydrogens is 390 g/mol. The number of aromatic nitrogens is 3. The minimum absolute atomic E-state index is 0.0630. The zero-order chi connectivity index (χ0) is 22.1. The summed E-state index contributed by atoms with van der Waals surface area (Å²) >= 11 is 0. The highest BCUT2D eigenvalue weighted by molar-refractivity contribution is 5.79. The van der Waals surface area contributed by atoms with Gasteiger partial charge in [0.2, 0.25) is 11.8 Å². The molecule has 31 heavy (non-hydrogen) atoms. The van der Waals surface area contributed by atoms with Crippen molar-refractivity contribution >= 4 is 17.5 Å². The average Bonchev–Trinajstić information content (AvgIpc) is 3.46. The van der Waals surface area contributed by atoms with Crippen molar-refractivity contribution in [2.75, 3.05) is 13.1 Å². The van der Waals surface area contributed by atoms with Gasteiger partial charge in [-0.25, -0.2) is 9.50 Å². The lowest BCUT2D eigenvalue weighted by Gasteiger charge is -2.20. The van der Waals surface area contributed by atoms with Crippen LogP contribution in [0.4, 0.5) is 0 Å². The molecule has 1 atom stereocenters. The topological polar surface area (TPSA) is 79.6 Å². The van der Waals surface area contributed by atoms with Crippen LogP contribution in [0.5, 0.6) is 0 Å². The summed E-state index contributed by atoms with van der Waals surface area (Å²) in [6.07, 6.45) is 6.53. The molecule has 0 aromatic carbocycles. The van der Waals surface area contributed by atoms with Crippen LogP contribution in [-0.2, 0) is 16.0 Å². The van der Waals surface area contributed by atoms with E-state index >= 15 is 0 Å². The number of hydrogen-bond donors (Lipinski definition) is 1. The maximum atomic E-state index is 12.8. The largest absolute Gasteiger partial charge is 0.354 e. The number of likely N-dealkylation sites (tertiary alicyclic amines) is 1. The predicted molar refractivity (Wildman–Crippen MR) is 120 cm³/mol. The van der Waals surface area contributed by atoms with E-state index in [-0.39, 0.29) is 23.8 Å². The Balaban J connectivity index is 1.48. The normalized spacial score (nSPS) is 19.6. The van der Waals surface area contributed by atoms with Crippen molar-refractivity contribution in [1.29, 1.82) is 0 Å². The molecule has 0 spiro atoms. The molecule has 2 amide bonds. The quantitative estimate of drug-likeness (QED) is 0.770. The van der Waals surface area contributed by atoms with E-state index in [2.05, 4.69) is 23.2 Å². The van der Waals surface area contributed by atoms with Crippen LogP contribution >= 0.6 is 0 Å². The van der Waals surface area contributed by atoms with Gasteiger partial charge in [-0.3, -0.25) is 9.59 Å². The van der Waals surface area contributed by atoms with Gasteiger partial charge in [0.1, 0.15) is 0 Å². The first kappa shape index (κ1) is 21.8. The molecule has 2 fully saturated rings. The summed E-state index contributed by atoms with van der Waals surface area (Å²) < 4.78 is 1.92. The molecule has 1 saturated heterocycles. The van der Waals surface area contributed by atoms with E-state index < -0.39 is 0 Å². The first-order valence-electron chi connectivity index (χ1n) is 11.8. The second-order valence-corrected chi connectivity index (χ2v) is 9.57. The Kier molecular flexibility index (Phi) is 6.30. The molecule has 0 bridgehead atoms. The van der Waals surface area contributed by atoms with Gasteiger partial charge in [0, 0.05) is 54.8 Å². The molecule has 4 rings (SSSR count). The Bertz CT molecular complexity index is 974. The lowest BCUT2D eigenvalue weighted by molar-refractivity contribution is -0.134. The number of hydrogen-bond acceptors (Lipinski definition) is 4. The van der Waals surface area contributed by atoms with Crippen LogP contribution in [0, 0.1) is 19.8 Å². The molecule has 7 heteroatoms. The van der Waals surface area contributed by atoms with Gasteiger partial charge >= 0.3 is 0 Å². The Morgan fingerprint density at radius 3 is 2.65 bits per heavy atom. The SMILES string of the molecule is Cc1nc2cc(C3CCN(C(=O)C4CCCC4)C3)nn2c(C)c1CCC(=O)NC(C)C. The molecule has 2 aromatic heterocycles. The van der Waals surface area contributed by atoms with Crippen molar-refractivity contribution in [3.63, 3.8) is 0 Å². The highest BCUT2D eigenvalue weighted by Crippen LogP contribution is 2.32. The first-order chi connectivity index (χ1) is 14.8. The minimum Gasteiger partial charge on any atom is -0.354 e. The van der Waals surface area contributed by atoms with E-state index in [4.69, 9.17) is 10.1 Å². The number of carbonyl (C=O) groups is 2. The van der Waals surface area contributed by atoms with Gasteiger partial charge in [-0.05, 0) is 58.9 Å². The van der Waals surface area contributed by atoms with Gasteiger partial charge in [-0.2, -0.15) is 5.10 Å². The first-order valence-corrected chi connectivity index (χ1v) is 11.8. The molecule has 2 aromatic rings. The molecule has 1 aliphatic carbocycles. The third kappa shape index (κ3) is 4.60. The summed E-state index contributed by atoms with van der Waals surface area (Å²) in [4.78, 5) is 31.7. The maximum absolute atomic E-state index is 12.8. The molecule has 2 aliphatic rings. The number of nitrogens with zero attached hydrogens (tertiary/aromatic N) is 4. The van der Waals surface area contributed by atoms with Crippen molar-refractivity contribution in [2.24, 2.45) is 5.92 Å². The minimum atomic E-state index is 0.0630. The van der Waals surface area contributed by atoms with Gasteiger partial charge in [0.25, 0.3) is 0 Å². The van der Waals surface area contributed by atoms with E-state index in [0.717, 1.165) is 60.6 Å². The van der Waals surface area contributed by atoms with E-state index in [1.165, 1.54) is 12.8 Å². The average molecular weight is 426 g/mol. The molecule has 1 saturated carbocycles. The Hall–Kier alpha value is -2.44. The molecule has 1 N–H and O–H groups in total. The monoisotopic (exact) mass is 425 g/mol. The fourth-order valence-electron chi connectivity index (χ4n) is 5.17. The van der Waals surface area contributed by atoms with Crippen LogP contribution in [-0.4, -0.2) is 50.4 Å². The lowest BCUT2D eigenvalue weighted by Crippen LogP contribution is -2.33. The number of carbonyl (C=O) groups excluding carboxylic acids is 2. The van der Waals surface area contributed by atoms with Crippen molar-refractivity contribution in [3.05, 3.63) is 28.7 Å². The predicted octanol–water partition coefficient (Wildman–Crippen LogP) is 3.31. The van der Waals surface area contributed by atoms with Gasteiger partial charge in [-0.1, -0.05) is 12.8 Å². The molecule has 7 nitrogen and oxygen atoms in total. The highest BCUT2D eigenvalue weighted by Gasteiger charge is 2.34. The van der Waals surface area contributed by atoms with E-state index in [0.29, 0.717) is 18.7 Å². The maximum Gasteiger partial charge on any atom is 0.225 e. The van der Waals surface area contributed by atoms with Gasteiger partial charge < -0.3 is 10.2 Å². The molecule has 1 aliphatic heterocycles. The molecular formula is C24H35N5O2. The van der Waals surface area contributed by atoms with E-state index in [1.807, 2.05) is 25.3 Å². The van der Waals surface area contributed by atoms with E-state index in [9.17, 15) is 9.59 Å². The number of rotatable bonds is 6. The van der Waals surface area contributed by atoms with Crippen molar-refractivity contribution in [3.8, 4) is 0 Å². The fraction of sp³-hybridized carbons (Fsp3) is 0.667. The second kappa shape index (κ2) is 8.97. The van der Waals surface area contributed by atoms with Crippen LogP contribution in [0.3, 0.4) is 0 Å². The summed E-state index contributed by atoms with van der Waals surface area (Å²) in [5.74, 6) is 0.915. The van der Waals surface area contributed by atoms with Crippen molar-refractivity contribution in [2.45, 2.75) is 84.6 Å². The zero-order valence-corrected chi connectivity index (χ0v) is 19.3. The van der Waals surface area contributed by atoms with E-state index in [1.54, 1.807) is 0 Å². The van der Waals surface area contributed by atoms with Crippen LogP contribution in [0.1, 0.15) is 80.9 Å². The Labute approximate surface area is 184 Å². The zero-order valence-electron chi connectivity index (χ0n) is 19.3. The van der Waals surface area contributed by atoms with Crippen LogP contribution in [0.15, 0.2) is 6.07 Å². The highest BCUT2D eigenvalue weighted by atomic mass is 16.2. The molecule has 1 unspecified atom stereocenters. The summed E-state index contributed by atoms with van der Waals surface area (Å²) in [7, 11) is 0. The summed E-state index contributed by atoms with van der Waals surface area (Å²) in [6, 6.07) is 2.22. The molecule has 168 valence electrons. The number of nitrogens with one attached hydrogen (secondary N) is 1. The standard InChI is InChI=1S/C24H35N5O2/c1-15(2)25-23(30)10-9-20-16(3)26-22-13-21(27-29(22)17(20)4)19-11-12-28(14-19)24(31)18-7-5-6-8-18/h13,15,18-19H,5-12,14H2,1-4H3,(H,25,30).